The van der Waals surface area contributed by atoms with E-state index in [0.29, 0.717) is 36.0 Å². The van der Waals surface area contributed by atoms with Crippen LogP contribution < -0.4 is 10.1 Å². The van der Waals surface area contributed by atoms with Crippen molar-refractivity contribution in [1.82, 2.24) is 30.0 Å². The number of fused-ring (bicyclic) bond motifs is 2. The molecule has 0 spiro atoms. The van der Waals surface area contributed by atoms with E-state index >= 15 is 0 Å². The van der Waals surface area contributed by atoms with Gasteiger partial charge in [-0.05, 0) is 92.2 Å². The molecule has 9 nitrogen and oxygen atoms in total. The summed E-state index contributed by atoms with van der Waals surface area (Å²) in [5, 5.41) is 12.5. The number of nitrogens with one attached hydrogen (secondary N) is 3. The van der Waals surface area contributed by atoms with E-state index in [2.05, 4.69) is 41.4 Å². The lowest BCUT2D eigenvalue weighted by atomic mass is 9.87. The van der Waals surface area contributed by atoms with E-state index in [1.807, 2.05) is 36.4 Å². The summed E-state index contributed by atoms with van der Waals surface area (Å²) in [6, 6.07) is 16.9. The third-order valence-electron chi connectivity index (χ3n) is 9.95. The Morgan fingerprint density at radius 3 is 2.65 bits per heavy atom. The highest BCUT2D eigenvalue weighted by atomic mass is 19.1. The molecule has 6 aromatic rings. The van der Waals surface area contributed by atoms with E-state index in [9.17, 15) is 9.18 Å². The molecule has 1 aliphatic carbocycles. The minimum absolute atomic E-state index is 0.0363. The third-order valence-corrected chi connectivity index (χ3v) is 9.95. The van der Waals surface area contributed by atoms with Crippen LogP contribution in [0.2, 0.25) is 0 Å². The summed E-state index contributed by atoms with van der Waals surface area (Å²) in [6.07, 6.45) is 14.2. The number of H-pyrrole nitrogens is 2. The van der Waals surface area contributed by atoms with Crippen molar-refractivity contribution in [2.45, 2.75) is 51.4 Å². The Kier molecular flexibility index (Phi) is 8.78. The first-order chi connectivity index (χ1) is 24.1. The molecule has 1 saturated heterocycles. The smallest absolute Gasteiger partial charge is 0.224 e. The monoisotopic (exact) mass is 657 g/mol. The van der Waals surface area contributed by atoms with Gasteiger partial charge in [0.25, 0.3) is 0 Å². The molecular formula is C39H40FN7O2. The zero-order valence-corrected chi connectivity index (χ0v) is 27.5. The number of nitrogens with zero attached hydrogens (tertiary/aromatic N) is 4. The highest BCUT2D eigenvalue weighted by Gasteiger charge is 2.19. The van der Waals surface area contributed by atoms with Crippen LogP contribution in [-0.2, 0) is 4.79 Å². The number of aromatic amines is 2. The van der Waals surface area contributed by atoms with Crippen LogP contribution in [0.3, 0.4) is 0 Å². The number of hydrogen-bond donors (Lipinski definition) is 3. The molecule has 3 N–H and O–H groups in total. The summed E-state index contributed by atoms with van der Waals surface area (Å²) < 4.78 is 20.9. The van der Waals surface area contributed by atoms with Crippen molar-refractivity contribution in [2.24, 2.45) is 5.92 Å². The first-order valence-corrected chi connectivity index (χ1v) is 17.4. The lowest BCUT2D eigenvalue weighted by Gasteiger charge is -2.20. The first kappa shape index (κ1) is 31.2. The summed E-state index contributed by atoms with van der Waals surface area (Å²) in [6.45, 7) is 3.57. The highest BCUT2D eigenvalue weighted by molar-refractivity contribution is 6.01. The molecule has 4 aromatic heterocycles. The van der Waals surface area contributed by atoms with Crippen LogP contribution in [0.1, 0.15) is 51.4 Å². The molecule has 0 unspecified atom stereocenters. The minimum atomic E-state index is -0.332. The number of anilines is 1. The van der Waals surface area contributed by atoms with E-state index in [-0.39, 0.29) is 11.7 Å². The molecule has 49 heavy (non-hydrogen) atoms. The Balaban J connectivity index is 1.05. The number of amides is 1. The van der Waals surface area contributed by atoms with Crippen molar-refractivity contribution < 1.29 is 13.9 Å². The van der Waals surface area contributed by atoms with Crippen LogP contribution in [0, 0.1) is 11.7 Å². The Morgan fingerprint density at radius 2 is 1.78 bits per heavy atom. The number of aromatic nitrogens is 5. The molecule has 5 heterocycles. The number of carbonyl (C=O) groups excluding carboxylic acids is 1. The summed E-state index contributed by atoms with van der Waals surface area (Å²) >= 11 is 0. The SMILES string of the molecule is O=C(CC1CCCCC1)Nc1cncc(-c2cnc3n[nH]c(-c4cc5c(-c6cc(F)cc(OCCN7CCCC7)c6)cccc5[nH]4)c3c2)c1. The minimum Gasteiger partial charge on any atom is -0.492 e. The van der Waals surface area contributed by atoms with E-state index in [0.717, 1.165) is 82.4 Å². The number of pyridine rings is 2. The van der Waals surface area contributed by atoms with Gasteiger partial charge in [-0.15, -0.1) is 0 Å². The molecule has 0 bridgehead atoms. The maximum absolute atomic E-state index is 14.9. The van der Waals surface area contributed by atoms with Gasteiger partial charge in [0.1, 0.15) is 18.2 Å². The molecule has 0 radical (unpaired) electrons. The number of ether oxygens (including phenoxy) is 1. The van der Waals surface area contributed by atoms with Gasteiger partial charge in [0.2, 0.25) is 5.91 Å². The van der Waals surface area contributed by atoms with Crippen LogP contribution >= 0.6 is 0 Å². The molecule has 1 saturated carbocycles. The van der Waals surface area contributed by atoms with Crippen molar-refractivity contribution in [2.75, 3.05) is 31.6 Å². The number of benzene rings is 2. The number of likely N-dealkylation sites (tertiary alicyclic amines) is 1. The molecule has 2 fully saturated rings. The summed E-state index contributed by atoms with van der Waals surface area (Å²) in [4.78, 5) is 27.7. The van der Waals surface area contributed by atoms with Crippen LogP contribution in [0.4, 0.5) is 10.1 Å². The topological polar surface area (TPSA) is 112 Å². The van der Waals surface area contributed by atoms with Crippen molar-refractivity contribution >= 4 is 33.5 Å². The fourth-order valence-electron chi connectivity index (χ4n) is 7.44. The second-order valence-corrected chi connectivity index (χ2v) is 13.4. The normalized spacial score (nSPS) is 15.7. The van der Waals surface area contributed by atoms with Gasteiger partial charge in [-0.2, -0.15) is 5.10 Å². The molecule has 8 rings (SSSR count). The molecule has 1 aliphatic heterocycles. The molecule has 250 valence electrons. The fourth-order valence-corrected chi connectivity index (χ4v) is 7.44. The second kappa shape index (κ2) is 13.8. The Labute approximate surface area is 284 Å². The maximum Gasteiger partial charge on any atom is 0.224 e. The summed E-state index contributed by atoms with van der Waals surface area (Å²) in [7, 11) is 0. The lowest BCUT2D eigenvalue weighted by Crippen LogP contribution is -2.25. The van der Waals surface area contributed by atoms with Crippen molar-refractivity contribution in [1.29, 1.82) is 0 Å². The maximum atomic E-state index is 14.9. The molecular weight excluding hydrogens is 617 g/mol. The molecule has 2 aliphatic rings. The van der Waals surface area contributed by atoms with Crippen molar-refractivity contribution in [3.05, 3.63) is 79.0 Å². The van der Waals surface area contributed by atoms with E-state index in [1.165, 1.54) is 38.2 Å². The van der Waals surface area contributed by atoms with E-state index in [1.54, 1.807) is 24.7 Å². The summed E-state index contributed by atoms with van der Waals surface area (Å²) in [5.74, 6) is 0.699. The van der Waals surface area contributed by atoms with Gasteiger partial charge in [0.05, 0.1) is 23.3 Å². The van der Waals surface area contributed by atoms with Gasteiger partial charge in [-0.3, -0.25) is 19.8 Å². The molecule has 10 heteroatoms. The Hall–Kier alpha value is -5.09. The number of hydrogen-bond acceptors (Lipinski definition) is 6. The largest absolute Gasteiger partial charge is 0.492 e. The quantitative estimate of drug-likeness (QED) is 0.137. The zero-order valence-electron chi connectivity index (χ0n) is 27.5. The molecule has 2 aromatic carbocycles. The van der Waals surface area contributed by atoms with E-state index in [4.69, 9.17) is 4.74 Å². The van der Waals surface area contributed by atoms with Gasteiger partial charge in [0.15, 0.2) is 5.65 Å². The van der Waals surface area contributed by atoms with Crippen LogP contribution in [0.15, 0.2) is 73.2 Å². The van der Waals surface area contributed by atoms with Crippen molar-refractivity contribution in [3.63, 3.8) is 0 Å². The zero-order chi connectivity index (χ0) is 33.2. The average molecular weight is 658 g/mol. The second-order valence-electron chi connectivity index (χ2n) is 13.4. The lowest BCUT2D eigenvalue weighted by molar-refractivity contribution is -0.117. The third kappa shape index (κ3) is 6.91. The first-order valence-electron chi connectivity index (χ1n) is 17.4. The summed E-state index contributed by atoms with van der Waals surface area (Å²) in [5.41, 5.74) is 7.17. The number of carbonyl (C=O) groups is 1. The number of halogens is 1. The van der Waals surface area contributed by atoms with Gasteiger partial charge in [-0.1, -0.05) is 31.4 Å². The molecule has 0 atom stereocenters. The van der Waals surface area contributed by atoms with Gasteiger partial charge in [0, 0.05) is 58.8 Å². The standard InChI is InChI=1S/C39H40FN7O2/c40-29-16-26(18-31(20-29)49-14-13-47-11-4-5-12-47)32-9-6-10-35-33(32)21-36(44-35)38-34-19-28(23-42-39(34)46-45-38)27-17-30(24-41-22-27)43-37(48)15-25-7-2-1-3-8-25/h6,9-10,16-25,44H,1-5,7-8,11-15H2,(H,43,48)(H,42,45,46). The van der Waals surface area contributed by atoms with Crippen molar-refractivity contribution in [3.8, 4) is 39.4 Å². The van der Waals surface area contributed by atoms with Crippen LogP contribution in [0.25, 0.3) is 55.6 Å². The van der Waals surface area contributed by atoms with Gasteiger partial charge >= 0.3 is 0 Å². The van der Waals surface area contributed by atoms with Crippen LogP contribution in [0.5, 0.6) is 5.75 Å². The predicted octanol–water partition coefficient (Wildman–Crippen LogP) is 8.36. The average Bonchev–Trinajstić information content (AvgIpc) is 3.88. The fraction of sp³-hybridized carbons (Fsp3) is 0.333. The highest BCUT2D eigenvalue weighted by Crippen LogP contribution is 2.36. The van der Waals surface area contributed by atoms with Gasteiger partial charge < -0.3 is 15.0 Å². The number of rotatable bonds is 10. The van der Waals surface area contributed by atoms with Crippen LogP contribution in [-0.4, -0.2) is 62.2 Å². The molecule has 1 amide bonds. The van der Waals surface area contributed by atoms with E-state index < -0.39 is 0 Å². The predicted molar refractivity (Wildman–Crippen MR) is 191 cm³/mol. The Morgan fingerprint density at radius 1 is 0.918 bits per heavy atom. The van der Waals surface area contributed by atoms with Gasteiger partial charge in [-0.25, -0.2) is 9.37 Å². The Bertz CT molecular complexity index is 2110.